The monoisotopic (exact) mass is 342 g/mol. The predicted octanol–water partition coefficient (Wildman–Crippen LogP) is 4.74. The van der Waals surface area contributed by atoms with Crippen LogP contribution in [-0.4, -0.2) is 10.9 Å². The van der Waals surface area contributed by atoms with Crippen molar-refractivity contribution in [2.75, 3.05) is 5.32 Å². The van der Waals surface area contributed by atoms with Crippen LogP contribution >= 0.6 is 11.3 Å². The molecule has 0 aliphatic carbocycles. The molecule has 0 fully saturated rings. The first kappa shape index (κ1) is 16.0. The van der Waals surface area contributed by atoms with E-state index in [1.54, 1.807) is 18.5 Å². The highest BCUT2D eigenvalue weighted by molar-refractivity contribution is 7.11. The van der Waals surface area contributed by atoms with E-state index in [2.05, 4.69) is 10.3 Å². The predicted molar refractivity (Wildman–Crippen MR) is 91.6 cm³/mol. The zero-order valence-electron chi connectivity index (χ0n) is 12.4. The smallest absolute Gasteiger partial charge is 0.248 e. The van der Waals surface area contributed by atoms with Crippen LogP contribution in [0.1, 0.15) is 4.88 Å². The zero-order valence-corrected chi connectivity index (χ0v) is 13.2. The number of hydrogen-bond acceptors (Lipinski definition) is 3. The molecule has 2 aromatic heterocycles. The Balaban J connectivity index is 1.69. The van der Waals surface area contributed by atoms with Gasteiger partial charge in [-0.15, -0.1) is 11.3 Å². The molecule has 0 aliphatic heterocycles. The van der Waals surface area contributed by atoms with E-state index in [9.17, 15) is 13.6 Å². The summed E-state index contributed by atoms with van der Waals surface area (Å²) < 4.78 is 26.6. The molecule has 3 nitrogen and oxygen atoms in total. The summed E-state index contributed by atoms with van der Waals surface area (Å²) in [6.07, 6.45) is 6.33. The zero-order chi connectivity index (χ0) is 16.9. The van der Waals surface area contributed by atoms with Crippen molar-refractivity contribution in [3.8, 4) is 11.1 Å². The highest BCUT2D eigenvalue weighted by Gasteiger charge is 2.09. The number of hydrogen-bond donors (Lipinski definition) is 1. The number of carbonyl (C=O) groups is 1. The number of amides is 1. The third-order valence-corrected chi connectivity index (χ3v) is 4.14. The van der Waals surface area contributed by atoms with Crippen molar-refractivity contribution in [1.29, 1.82) is 0 Å². The van der Waals surface area contributed by atoms with Gasteiger partial charge < -0.3 is 5.32 Å². The fourth-order valence-corrected chi connectivity index (χ4v) is 2.88. The molecular weight excluding hydrogens is 330 g/mol. The van der Waals surface area contributed by atoms with Gasteiger partial charge in [-0.3, -0.25) is 9.78 Å². The summed E-state index contributed by atoms with van der Waals surface area (Å²) in [5.41, 5.74) is 1.87. The summed E-state index contributed by atoms with van der Waals surface area (Å²) in [6.45, 7) is 0. The number of anilines is 1. The molecule has 0 aliphatic rings. The number of rotatable bonds is 4. The van der Waals surface area contributed by atoms with E-state index in [4.69, 9.17) is 0 Å². The standard InChI is InChI=1S/C18H12F2N2OS/c19-15-2-1-3-16(18(15)20)22-17(23)5-4-14-10-13(11-24-14)12-6-8-21-9-7-12/h1-11H,(H,22,23)/b5-4-. The van der Waals surface area contributed by atoms with Gasteiger partial charge in [-0.1, -0.05) is 6.07 Å². The van der Waals surface area contributed by atoms with Gasteiger partial charge >= 0.3 is 0 Å². The molecule has 0 unspecified atom stereocenters. The molecule has 0 saturated carbocycles. The van der Waals surface area contributed by atoms with E-state index >= 15 is 0 Å². The Kier molecular flexibility index (Phi) is 4.77. The second kappa shape index (κ2) is 7.14. The number of nitrogens with zero attached hydrogens (tertiary/aromatic N) is 1. The van der Waals surface area contributed by atoms with Crippen molar-refractivity contribution >= 4 is 29.0 Å². The van der Waals surface area contributed by atoms with Crippen molar-refractivity contribution in [3.63, 3.8) is 0 Å². The van der Waals surface area contributed by atoms with Crippen LogP contribution in [0.25, 0.3) is 17.2 Å². The number of nitrogens with one attached hydrogen (secondary N) is 1. The SMILES string of the molecule is O=C(/C=C\c1cc(-c2ccncc2)cs1)Nc1cccc(F)c1F. The number of pyridine rings is 1. The van der Waals surface area contributed by atoms with Crippen molar-refractivity contribution in [2.45, 2.75) is 0 Å². The lowest BCUT2D eigenvalue weighted by atomic mass is 10.1. The van der Waals surface area contributed by atoms with Crippen LogP contribution in [0.2, 0.25) is 0 Å². The molecule has 0 bridgehead atoms. The number of benzene rings is 1. The van der Waals surface area contributed by atoms with Crippen molar-refractivity contribution in [2.24, 2.45) is 0 Å². The molecule has 0 saturated heterocycles. The molecule has 0 atom stereocenters. The summed E-state index contributed by atoms with van der Waals surface area (Å²) in [5, 5.41) is 4.29. The van der Waals surface area contributed by atoms with Gasteiger partial charge in [0.25, 0.3) is 0 Å². The topological polar surface area (TPSA) is 42.0 Å². The van der Waals surface area contributed by atoms with Crippen molar-refractivity contribution < 1.29 is 13.6 Å². The van der Waals surface area contributed by atoms with E-state index in [-0.39, 0.29) is 5.69 Å². The maximum absolute atomic E-state index is 13.5. The molecule has 0 spiro atoms. The van der Waals surface area contributed by atoms with Gasteiger partial charge in [0.05, 0.1) is 5.69 Å². The molecule has 120 valence electrons. The van der Waals surface area contributed by atoms with Gasteiger partial charge in [-0.05, 0) is 52.9 Å². The fraction of sp³-hybridized carbons (Fsp3) is 0. The van der Waals surface area contributed by atoms with Gasteiger partial charge in [0.2, 0.25) is 5.91 Å². The van der Waals surface area contributed by atoms with Crippen molar-refractivity contribution in [3.05, 3.63) is 76.8 Å². The van der Waals surface area contributed by atoms with Gasteiger partial charge in [-0.2, -0.15) is 0 Å². The van der Waals surface area contributed by atoms with E-state index in [0.29, 0.717) is 0 Å². The summed E-state index contributed by atoms with van der Waals surface area (Å²) >= 11 is 1.48. The lowest BCUT2D eigenvalue weighted by Crippen LogP contribution is -2.09. The van der Waals surface area contributed by atoms with E-state index in [1.165, 1.54) is 29.5 Å². The lowest BCUT2D eigenvalue weighted by Gasteiger charge is -2.03. The Morgan fingerprint density at radius 2 is 1.92 bits per heavy atom. The third-order valence-electron chi connectivity index (χ3n) is 3.24. The Bertz CT molecular complexity index is 891. The Morgan fingerprint density at radius 3 is 2.71 bits per heavy atom. The quantitative estimate of drug-likeness (QED) is 0.696. The van der Waals surface area contributed by atoms with Gasteiger partial charge in [0, 0.05) is 23.3 Å². The lowest BCUT2D eigenvalue weighted by molar-refractivity contribution is -0.111. The number of aromatic nitrogens is 1. The maximum atomic E-state index is 13.5. The number of carbonyl (C=O) groups excluding carboxylic acids is 1. The summed E-state index contributed by atoms with van der Waals surface area (Å²) in [5.74, 6) is -2.61. The van der Waals surface area contributed by atoms with E-state index in [1.807, 2.05) is 23.6 Å². The Labute approximate surface area is 141 Å². The normalized spacial score (nSPS) is 10.9. The fourth-order valence-electron chi connectivity index (χ4n) is 2.07. The molecule has 1 amide bonds. The largest absolute Gasteiger partial charge is 0.320 e. The summed E-state index contributed by atoms with van der Waals surface area (Å²) in [6, 6.07) is 9.36. The molecule has 24 heavy (non-hydrogen) atoms. The molecule has 3 rings (SSSR count). The molecule has 1 aromatic carbocycles. The molecule has 3 aromatic rings. The van der Waals surface area contributed by atoms with Crippen LogP contribution in [0.4, 0.5) is 14.5 Å². The van der Waals surface area contributed by atoms with E-state index in [0.717, 1.165) is 22.1 Å². The van der Waals surface area contributed by atoms with Crippen molar-refractivity contribution in [1.82, 2.24) is 4.98 Å². The van der Waals surface area contributed by atoms with Gasteiger partial charge in [0.15, 0.2) is 11.6 Å². The van der Waals surface area contributed by atoms with E-state index < -0.39 is 17.5 Å². The van der Waals surface area contributed by atoms with Crippen LogP contribution in [0.3, 0.4) is 0 Å². The van der Waals surface area contributed by atoms with Crippen LogP contribution < -0.4 is 5.32 Å². The molecule has 2 heterocycles. The minimum atomic E-state index is -1.07. The average molecular weight is 342 g/mol. The second-order valence-electron chi connectivity index (χ2n) is 4.90. The van der Waals surface area contributed by atoms with Gasteiger partial charge in [0.1, 0.15) is 0 Å². The van der Waals surface area contributed by atoms with Crippen LogP contribution in [-0.2, 0) is 4.79 Å². The minimum absolute atomic E-state index is 0.187. The summed E-state index contributed by atoms with van der Waals surface area (Å²) in [4.78, 5) is 16.7. The van der Waals surface area contributed by atoms with Crippen LogP contribution in [0.15, 0.2) is 60.2 Å². The Hall–Kier alpha value is -2.86. The molecule has 1 N–H and O–H groups in total. The first-order valence-electron chi connectivity index (χ1n) is 7.05. The highest BCUT2D eigenvalue weighted by atomic mass is 32.1. The van der Waals surface area contributed by atoms with Crippen LogP contribution in [0, 0.1) is 11.6 Å². The number of halogens is 2. The third kappa shape index (κ3) is 3.72. The Morgan fingerprint density at radius 1 is 1.12 bits per heavy atom. The minimum Gasteiger partial charge on any atom is -0.320 e. The van der Waals surface area contributed by atoms with Gasteiger partial charge in [-0.25, -0.2) is 8.78 Å². The number of thiophene rings is 1. The molecule has 0 radical (unpaired) electrons. The first-order chi connectivity index (χ1) is 11.6. The summed E-state index contributed by atoms with van der Waals surface area (Å²) in [7, 11) is 0. The highest BCUT2D eigenvalue weighted by Crippen LogP contribution is 2.26. The molecule has 6 heteroatoms. The average Bonchev–Trinajstić information content (AvgIpc) is 3.07. The maximum Gasteiger partial charge on any atom is 0.248 e. The van der Waals surface area contributed by atoms with Crippen LogP contribution in [0.5, 0.6) is 0 Å². The first-order valence-corrected chi connectivity index (χ1v) is 7.93. The molecular formula is C18H12F2N2OS. The second-order valence-corrected chi connectivity index (χ2v) is 5.84.